The lowest BCUT2D eigenvalue weighted by molar-refractivity contribution is -0.138. The van der Waals surface area contributed by atoms with Gasteiger partial charge in [-0.05, 0) is 13.0 Å². The van der Waals surface area contributed by atoms with Crippen LogP contribution >= 0.6 is 11.3 Å². The van der Waals surface area contributed by atoms with Gasteiger partial charge < -0.3 is 4.74 Å². The molecule has 1 aromatic rings. The second kappa shape index (κ2) is 5.11. The van der Waals surface area contributed by atoms with E-state index in [0.717, 1.165) is 6.08 Å². The van der Waals surface area contributed by atoms with Gasteiger partial charge in [0.2, 0.25) is 0 Å². The molecule has 16 heavy (non-hydrogen) atoms. The van der Waals surface area contributed by atoms with Gasteiger partial charge in [0.25, 0.3) is 0 Å². The number of ether oxygens (including phenoxy) is 1. The number of nitrogens with zero attached hydrogens (tertiary/aromatic N) is 1. The van der Waals surface area contributed by atoms with Crippen molar-refractivity contribution in [2.24, 2.45) is 0 Å². The molecule has 1 rings (SSSR count). The molecule has 0 unspecified atom stereocenters. The Kier molecular flexibility index (Phi) is 4.05. The topological polar surface area (TPSA) is 39.2 Å². The van der Waals surface area contributed by atoms with Crippen LogP contribution in [0.1, 0.15) is 17.6 Å². The molecule has 0 aliphatic heterocycles. The minimum absolute atomic E-state index is 0.0883. The predicted octanol–water partition coefficient (Wildman–Crippen LogP) is 2.74. The zero-order chi connectivity index (χ0) is 12.2. The first-order chi connectivity index (χ1) is 7.43. The van der Waals surface area contributed by atoms with Crippen molar-refractivity contribution in [2.45, 2.75) is 13.1 Å². The first-order valence-electron chi connectivity index (χ1n) is 4.31. The Morgan fingerprint density at radius 1 is 1.62 bits per heavy atom. The second-order valence-electron chi connectivity index (χ2n) is 2.66. The fourth-order valence-corrected chi connectivity index (χ4v) is 1.49. The van der Waals surface area contributed by atoms with E-state index in [1.165, 1.54) is 11.5 Å². The van der Waals surface area contributed by atoms with Gasteiger partial charge in [-0.1, -0.05) is 0 Å². The summed E-state index contributed by atoms with van der Waals surface area (Å²) in [5, 5.41) is 0.287. The molecule has 88 valence electrons. The summed E-state index contributed by atoms with van der Waals surface area (Å²) in [6.45, 7) is 1.85. The van der Waals surface area contributed by atoms with Gasteiger partial charge in [-0.3, -0.25) is 0 Å². The smallest absolute Gasteiger partial charge is 0.443 e. The summed E-state index contributed by atoms with van der Waals surface area (Å²) in [6.07, 6.45) is -2.22. The van der Waals surface area contributed by atoms with E-state index >= 15 is 0 Å². The van der Waals surface area contributed by atoms with Crippen LogP contribution in [0, 0.1) is 0 Å². The van der Waals surface area contributed by atoms with E-state index < -0.39 is 17.2 Å². The van der Waals surface area contributed by atoms with Crippen LogP contribution < -0.4 is 0 Å². The summed E-state index contributed by atoms with van der Waals surface area (Å²) in [5.74, 6) is -0.607. The van der Waals surface area contributed by atoms with Crippen LogP contribution in [0.25, 0.3) is 6.08 Å². The van der Waals surface area contributed by atoms with Crippen molar-refractivity contribution in [1.29, 1.82) is 0 Å². The van der Waals surface area contributed by atoms with Crippen LogP contribution in [-0.2, 0) is 15.7 Å². The molecule has 0 bridgehead atoms. The Balaban J connectivity index is 2.69. The number of thiazole rings is 1. The number of carbonyl (C=O) groups excluding carboxylic acids is 1. The van der Waals surface area contributed by atoms with E-state index in [4.69, 9.17) is 0 Å². The SMILES string of the molecule is CCOC(=O)C=Cc1csc(C(F)(F)F)n1. The van der Waals surface area contributed by atoms with Crippen molar-refractivity contribution in [3.05, 3.63) is 22.2 Å². The van der Waals surface area contributed by atoms with E-state index in [2.05, 4.69) is 9.72 Å². The number of hydrogen-bond donors (Lipinski definition) is 0. The van der Waals surface area contributed by atoms with Crippen LogP contribution in [0.2, 0.25) is 0 Å². The third kappa shape index (κ3) is 3.65. The maximum atomic E-state index is 12.2. The van der Waals surface area contributed by atoms with E-state index in [9.17, 15) is 18.0 Å². The Labute approximate surface area is 93.6 Å². The lowest BCUT2D eigenvalue weighted by atomic mass is 10.4. The maximum Gasteiger partial charge on any atom is 0.443 e. The molecular weight excluding hydrogens is 243 g/mol. The highest BCUT2D eigenvalue weighted by Gasteiger charge is 2.34. The number of esters is 1. The lowest BCUT2D eigenvalue weighted by Gasteiger charge is -1.98. The predicted molar refractivity (Wildman–Crippen MR) is 52.8 cm³/mol. The largest absolute Gasteiger partial charge is 0.463 e. The van der Waals surface area contributed by atoms with Crippen molar-refractivity contribution >= 4 is 23.4 Å². The van der Waals surface area contributed by atoms with Crippen LogP contribution in [0.3, 0.4) is 0 Å². The van der Waals surface area contributed by atoms with E-state index in [-0.39, 0.29) is 12.3 Å². The molecule has 0 saturated carbocycles. The fourth-order valence-electron chi connectivity index (χ4n) is 0.837. The normalized spacial score (nSPS) is 12.0. The molecule has 0 amide bonds. The summed E-state index contributed by atoms with van der Waals surface area (Å²) in [6, 6.07) is 0. The van der Waals surface area contributed by atoms with E-state index in [0.29, 0.717) is 11.3 Å². The van der Waals surface area contributed by atoms with Gasteiger partial charge in [-0.2, -0.15) is 13.2 Å². The third-order valence-electron chi connectivity index (χ3n) is 1.44. The van der Waals surface area contributed by atoms with Gasteiger partial charge >= 0.3 is 12.1 Å². The van der Waals surface area contributed by atoms with Gasteiger partial charge in [-0.25, -0.2) is 9.78 Å². The number of halogens is 3. The summed E-state index contributed by atoms with van der Waals surface area (Å²) in [5.41, 5.74) is 0.0883. The Bertz CT molecular complexity index is 398. The standard InChI is InChI=1S/C9H8F3NO2S/c1-2-15-7(14)4-3-6-5-16-8(13-6)9(10,11)12/h3-5H,2H2,1H3. The van der Waals surface area contributed by atoms with Crippen LogP contribution in [-0.4, -0.2) is 17.6 Å². The van der Waals surface area contributed by atoms with Crippen molar-refractivity contribution in [2.75, 3.05) is 6.61 Å². The molecular formula is C9H8F3NO2S. The molecule has 1 aromatic heterocycles. The summed E-state index contributed by atoms with van der Waals surface area (Å²) < 4.78 is 41.0. The fraction of sp³-hybridized carbons (Fsp3) is 0.333. The van der Waals surface area contributed by atoms with Crippen LogP contribution in [0.5, 0.6) is 0 Å². The molecule has 0 aromatic carbocycles. The molecule has 1 heterocycles. The average molecular weight is 251 g/mol. The zero-order valence-electron chi connectivity index (χ0n) is 8.25. The highest BCUT2D eigenvalue weighted by molar-refractivity contribution is 7.09. The Morgan fingerprint density at radius 2 is 2.31 bits per heavy atom. The molecule has 7 heteroatoms. The minimum Gasteiger partial charge on any atom is -0.463 e. The molecule has 0 aliphatic rings. The first kappa shape index (κ1) is 12.7. The monoisotopic (exact) mass is 251 g/mol. The van der Waals surface area contributed by atoms with Gasteiger partial charge in [-0.15, -0.1) is 11.3 Å². The summed E-state index contributed by atoms with van der Waals surface area (Å²) >= 11 is 0.482. The van der Waals surface area contributed by atoms with Crippen molar-refractivity contribution in [1.82, 2.24) is 4.98 Å². The zero-order valence-corrected chi connectivity index (χ0v) is 9.06. The highest BCUT2D eigenvalue weighted by Crippen LogP contribution is 2.31. The van der Waals surface area contributed by atoms with Gasteiger partial charge in [0.05, 0.1) is 12.3 Å². The summed E-state index contributed by atoms with van der Waals surface area (Å²) in [7, 11) is 0. The second-order valence-corrected chi connectivity index (χ2v) is 3.52. The van der Waals surface area contributed by atoms with Crippen molar-refractivity contribution in [3.63, 3.8) is 0 Å². The van der Waals surface area contributed by atoms with Gasteiger partial charge in [0.15, 0.2) is 5.01 Å². The quantitative estimate of drug-likeness (QED) is 0.612. The molecule has 0 radical (unpaired) electrons. The highest BCUT2D eigenvalue weighted by atomic mass is 32.1. The number of rotatable bonds is 3. The minimum atomic E-state index is -4.44. The van der Waals surface area contributed by atoms with Crippen molar-refractivity contribution in [3.8, 4) is 0 Å². The number of carbonyl (C=O) groups is 1. The Morgan fingerprint density at radius 3 is 2.81 bits per heavy atom. The summed E-state index contributed by atoms with van der Waals surface area (Å²) in [4.78, 5) is 14.2. The lowest BCUT2D eigenvalue weighted by Crippen LogP contribution is -2.03. The van der Waals surface area contributed by atoms with E-state index in [1.807, 2.05) is 0 Å². The molecule has 0 aliphatic carbocycles. The van der Waals surface area contributed by atoms with Gasteiger partial charge in [0, 0.05) is 11.5 Å². The number of hydrogen-bond acceptors (Lipinski definition) is 4. The van der Waals surface area contributed by atoms with Crippen molar-refractivity contribution < 1.29 is 22.7 Å². The molecule has 0 N–H and O–H groups in total. The molecule has 0 saturated heterocycles. The molecule has 0 spiro atoms. The van der Waals surface area contributed by atoms with E-state index in [1.54, 1.807) is 6.92 Å². The third-order valence-corrected chi connectivity index (χ3v) is 2.35. The van der Waals surface area contributed by atoms with Crippen LogP contribution in [0.15, 0.2) is 11.5 Å². The Hall–Kier alpha value is -1.37. The number of alkyl halides is 3. The van der Waals surface area contributed by atoms with Gasteiger partial charge in [0.1, 0.15) is 0 Å². The first-order valence-corrected chi connectivity index (χ1v) is 5.19. The molecule has 0 atom stereocenters. The number of aromatic nitrogens is 1. The average Bonchev–Trinajstić information content (AvgIpc) is 2.63. The van der Waals surface area contributed by atoms with Crippen LogP contribution in [0.4, 0.5) is 13.2 Å². The molecule has 3 nitrogen and oxygen atoms in total. The maximum absolute atomic E-state index is 12.2. The molecule has 0 fully saturated rings.